The molecule has 0 aromatic rings. The van der Waals surface area contributed by atoms with Crippen LogP contribution in [0.25, 0.3) is 0 Å². The van der Waals surface area contributed by atoms with Gasteiger partial charge in [-0.1, -0.05) is 19.3 Å². The number of ketones is 1. The molecule has 2 rings (SSSR count). The number of hydrogen-bond acceptors (Lipinski definition) is 3. The molecule has 2 aliphatic carbocycles. The highest BCUT2D eigenvalue weighted by Crippen LogP contribution is 2.35. The molecule has 3 nitrogen and oxygen atoms in total. The van der Waals surface area contributed by atoms with E-state index in [9.17, 15) is 9.90 Å². The number of hydrogen-bond donors (Lipinski definition) is 2. The molecule has 1 saturated carbocycles. The van der Waals surface area contributed by atoms with Gasteiger partial charge >= 0.3 is 0 Å². The highest BCUT2D eigenvalue weighted by atomic mass is 16.3. The molecule has 0 heterocycles. The van der Waals surface area contributed by atoms with E-state index >= 15 is 0 Å². The van der Waals surface area contributed by atoms with Crippen LogP contribution in [0.15, 0.2) is 11.8 Å². The molecule has 2 aliphatic rings. The molecule has 0 aliphatic heterocycles. The molecule has 0 aromatic carbocycles. The van der Waals surface area contributed by atoms with Gasteiger partial charge in [-0.05, 0) is 19.3 Å². The highest BCUT2D eigenvalue weighted by Gasteiger charge is 2.31. The Morgan fingerprint density at radius 2 is 2.00 bits per heavy atom. The number of nitrogens with one attached hydrogen (secondary N) is 1. The van der Waals surface area contributed by atoms with E-state index in [-0.39, 0.29) is 17.8 Å². The topological polar surface area (TPSA) is 49.3 Å². The average molecular weight is 223 g/mol. The molecule has 0 spiro atoms. The van der Waals surface area contributed by atoms with Gasteiger partial charge in [0.2, 0.25) is 0 Å². The van der Waals surface area contributed by atoms with Crippen molar-refractivity contribution in [2.45, 2.75) is 44.9 Å². The predicted molar refractivity (Wildman–Crippen MR) is 62.9 cm³/mol. The first kappa shape index (κ1) is 11.6. The molecule has 1 fully saturated rings. The first-order valence-electron chi connectivity index (χ1n) is 6.32. The molecule has 0 amide bonds. The van der Waals surface area contributed by atoms with E-state index in [0.717, 1.165) is 31.5 Å². The molecule has 0 atom stereocenters. The van der Waals surface area contributed by atoms with Crippen molar-refractivity contribution in [3.63, 3.8) is 0 Å². The number of rotatable bonds is 4. The van der Waals surface area contributed by atoms with Crippen LogP contribution in [0.1, 0.15) is 44.9 Å². The molecule has 16 heavy (non-hydrogen) atoms. The second-order valence-corrected chi connectivity index (χ2v) is 5.21. The fourth-order valence-electron chi connectivity index (χ4n) is 2.73. The van der Waals surface area contributed by atoms with Crippen molar-refractivity contribution in [1.29, 1.82) is 0 Å². The van der Waals surface area contributed by atoms with Gasteiger partial charge in [0.15, 0.2) is 5.78 Å². The van der Waals surface area contributed by atoms with E-state index in [1.165, 1.54) is 19.3 Å². The van der Waals surface area contributed by atoms with E-state index in [0.29, 0.717) is 6.42 Å². The molecule has 0 bridgehead atoms. The van der Waals surface area contributed by atoms with E-state index in [1.807, 2.05) is 0 Å². The largest absolute Gasteiger partial charge is 0.396 e. The highest BCUT2D eigenvalue weighted by molar-refractivity contribution is 5.92. The van der Waals surface area contributed by atoms with Crippen LogP contribution >= 0.6 is 0 Å². The summed E-state index contributed by atoms with van der Waals surface area (Å²) >= 11 is 0. The normalized spacial score (nSPS) is 24.3. The van der Waals surface area contributed by atoms with Gasteiger partial charge in [0.05, 0.1) is 6.61 Å². The maximum Gasteiger partial charge on any atom is 0.157 e. The van der Waals surface area contributed by atoms with Crippen molar-refractivity contribution < 1.29 is 9.90 Å². The smallest absolute Gasteiger partial charge is 0.157 e. The third-order valence-corrected chi connectivity index (χ3v) is 3.92. The lowest BCUT2D eigenvalue weighted by Gasteiger charge is -2.36. The van der Waals surface area contributed by atoms with E-state index in [4.69, 9.17) is 0 Å². The fourth-order valence-corrected chi connectivity index (χ4v) is 2.73. The lowest BCUT2D eigenvalue weighted by molar-refractivity contribution is -0.114. The van der Waals surface area contributed by atoms with Crippen LogP contribution in [0, 0.1) is 5.41 Å². The Labute approximate surface area is 96.9 Å². The van der Waals surface area contributed by atoms with Gasteiger partial charge in [0, 0.05) is 30.2 Å². The number of carbonyl (C=O) groups excluding carboxylic acids is 1. The minimum Gasteiger partial charge on any atom is -0.396 e. The Morgan fingerprint density at radius 3 is 2.56 bits per heavy atom. The van der Waals surface area contributed by atoms with Crippen LogP contribution < -0.4 is 5.32 Å². The number of allylic oxidation sites excluding steroid dienone is 2. The molecule has 3 heteroatoms. The van der Waals surface area contributed by atoms with Crippen LogP contribution in [0.2, 0.25) is 0 Å². The number of aliphatic hydroxyl groups excluding tert-OH is 1. The summed E-state index contributed by atoms with van der Waals surface area (Å²) in [5, 5.41) is 12.9. The van der Waals surface area contributed by atoms with Gasteiger partial charge in [0.1, 0.15) is 0 Å². The summed E-state index contributed by atoms with van der Waals surface area (Å²) in [5.74, 6) is 0.226. The van der Waals surface area contributed by atoms with Crippen LogP contribution in [-0.4, -0.2) is 24.0 Å². The fraction of sp³-hybridized carbons (Fsp3) is 0.769. The minimum absolute atomic E-state index is 0.0602. The summed E-state index contributed by atoms with van der Waals surface area (Å²) in [6, 6.07) is 0. The average Bonchev–Trinajstić information content (AvgIpc) is 2.74. The quantitative estimate of drug-likeness (QED) is 0.763. The first-order chi connectivity index (χ1) is 7.74. The third kappa shape index (κ3) is 2.64. The standard InChI is InChI=1S/C13H21NO2/c15-10-13(6-2-1-3-7-13)9-14-11-4-5-12(16)8-11/h8,14-15H,1-7,9-10H2. The third-order valence-electron chi connectivity index (χ3n) is 3.92. The maximum atomic E-state index is 11.1. The predicted octanol–water partition coefficient (Wildman–Crippen LogP) is 1.77. The summed E-state index contributed by atoms with van der Waals surface area (Å²) in [6.07, 6.45) is 9.17. The van der Waals surface area contributed by atoms with Crippen LogP contribution in [-0.2, 0) is 4.79 Å². The Morgan fingerprint density at radius 1 is 1.25 bits per heavy atom. The number of aliphatic hydroxyl groups is 1. The zero-order valence-corrected chi connectivity index (χ0v) is 9.80. The van der Waals surface area contributed by atoms with Gasteiger partial charge in [-0.25, -0.2) is 0 Å². The lowest BCUT2D eigenvalue weighted by Crippen LogP contribution is -2.38. The molecular formula is C13H21NO2. The Bertz CT molecular complexity index is 290. The van der Waals surface area contributed by atoms with Crippen LogP contribution in [0.4, 0.5) is 0 Å². The van der Waals surface area contributed by atoms with Gasteiger partial charge in [-0.2, -0.15) is 0 Å². The van der Waals surface area contributed by atoms with Crippen molar-refractivity contribution in [2.24, 2.45) is 5.41 Å². The second-order valence-electron chi connectivity index (χ2n) is 5.21. The minimum atomic E-state index is 0.0602. The molecule has 0 unspecified atom stereocenters. The van der Waals surface area contributed by atoms with Crippen molar-refractivity contribution >= 4 is 5.78 Å². The molecule has 0 saturated heterocycles. The second kappa shape index (κ2) is 5.00. The van der Waals surface area contributed by atoms with E-state index in [2.05, 4.69) is 5.32 Å². The van der Waals surface area contributed by atoms with Gasteiger partial charge in [-0.3, -0.25) is 4.79 Å². The van der Waals surface area contributed by atoms with Gasteiger partial charge in [0.25, 0.3) is 0 Å². The zero-order valence-electron chi connectivity index (χ0n) is 9.80. The monoisotopic (exact) mass is 223 g/mol. The van der Waals surface area contributed by atoms with Crippen molar-refractivity contribution in [3.8, 4) is 0 Å². The van der Waals surface area contributed by atoms with Gasteiger partial charge in [-0.15, -0.1) is 0 Å². The Hall–Kier alpha value is -0.830. The summed E-state index contributed by atoms with van der Waals surface area (Å²) < 4.78 is 0. The molecular weight excluding hydrogens is 202 g/mol. The van der Waals surface area contributed by atoms with Crippen LogP contribution in [0.3, 0.4) is 0 Å². The summed E-state index contributed by atoms with van der Waals surface area (Å²) in [6.45, 7) is 1.09. The Kier molecular flexibility index (Phi) is 3.64. The summed E-state index contributed by atoms with van der Waals surface area (Å²) in [7, 11) is 0. The molecule has 0 aromatic heterocycles. The first-order valence-corrected chi connectivity index (χ1v) is 6.32. The van der Waals surface area contributed by atoms with Crippen LogP contribution in [0.5, 0.6) is 0 Å². The molecule has 0 radical (unpaired) electrons. The molecule has 90 valence electrons. The maximum absolute atomic E-state index is 11.1. The molecule has 2 N–H and O–H groups in total. The Balaban J connectivity index is 1.87. The zero-order chi connectivity index (χ0) is 11.4. The van der Waals surface area contributed by atoms with Gasteiger partial charge < -0.3 is 10.4 Å². The summed E-state index contributed by atoms with van der Waals surface area (Å²) in [4.78, 5) is 11.1. The van der Waals surface area contributed by atoms with Crippen molar-refractivity contribution in [3.05, 3.63) is 11.8 Å². The SMILES string of the molecule is O=C1C=C(NCC2(CO)CCCCC2)CC1. The lowest BCUT2D eigenvalue weighted by atomic mass is 9.74. The van der Waals surface area contributed by atoms with Crippen molar-refractivity contribution in [1.82, 2.24) is 5.32 Å². The van der Waals surface area contributed by atoms with Crippen molar-refractivity contribution in [2.75, 3.05) is 13.2 Å². The van der Waals surface area contributed by atoms with E-state index < -0.39 is 0 Å². The summed E-state index contributed by atoms with van der Waals surface area (Å²) in [5.41, 5.74) is 1.12. The van der Waals surface area contributed by atoms with E-state index in [1.54, 1.807) is 6.08 Å². The number of carbonyl (C=O) groups is 1.